The number of carboxylic acids is 3. The fourth-order valence-electron chi connectivity index (χ4n) is 12.0. The van der Waals surface area contributed by atoms with E-state index in [4.69, 9.17) is 9.47 Å². The first-order valence-electron chi connectivity index (χ1n) is 33.6. The number of pyridine rings is 2. The zero-order chi connectivity index (χ0) is 71.3. The zero-order valence-corrected chi connectivity index (χ0v) is 55.8. The molecule has 0 bridgehead atoms. The van der Waals surface area contributed by atoms with E-state index in [0.29, 0.717) is 122 Å². The van der Waals surface area contributed by atoms with Gasteiger partial charge in [-0.3, -0.25) is 82.2 Å². The second-order valence-electron chi connectivity index (χ2n) is 24.6. The minimum absolute atomic E-state index is 0.137. The Morgan fingerprint density at radius 3 is 1.50 bits per heavy atom. The van der Waals surface area contributed by atoms with Gasteiger partial charge in [-0.1, -0.05) is 5.21 Å². The molecule has 6 heterocycles. The third kappa shape index (κ3) is 23.6. The van der Waals surface area contributed by atoms with Gasteiger partial charge in [0.2, 0.25) is 29.5 Å². The highest BCUT2D eigenvalue weighted by molar-refractivity contribution is 6.08. The average molecular weight is 1380 g/mol. The Kier molecular flexibility index (Phi) is 29.1. The monoisotopic (exact) mass is 1380 g/mol. The Labute approximate surface area is 577 Å². The van der Waals surface area contributed by atoms with Gasteiger partial charge in [-0.25, -0.2) is 0 Å². The summed E-state index contributed by atoms with van der Waals surface area (Å²) in [5, 5.41) is 71.3. The second-order valence-corrected chi connectivity index (χ2v) is 24.6. The molecule has 33 heteroatoms. The van der Waals surface area contributed by atoms with Crippen LogP contribution < -0.4 is 36.1 Å². The van der Waals surface area contributed by atoms with Gasteiger partial charge in [0.05, 0.1) is 92.5 Å². The van der Waals surface area contributed by atoms with Crippen LogP contribution in [0.15, 0.2) is 67.1 Å². The molecule has 100 heavy (non-hydrogen) atoms. The van der Waals surface area contributed by atoms with Crippen LogP contribution in [0.5, 0.6) is 11.5 Å². The molecule has 3 aliphatic heterocycles. The van der Waals surface area contributed by atoms with E-state index in [1.807, 2.05) is 0 Å². The summed E-state index contributed by atoms with van der Waals surface area (Å²) < 4.78 is 13.6. The first kappa shape index (κ1) is 75.3. The molecule has 3 fully saturated rings. The number of hydrogen-bond acceptors (Lipinski definition) is 22. The fraction of sp³-hybridized carbons (Fsp3) is 0.522. The van der Waals surface area contributed by atoms with Gasteiger partial charge >= 0.3 is 17.9 Å². The van der Waals surface area contributed by atoms with Crippen LogP contribution in [0.3, 0.4) is 0 Å². The molecule has 3 saturated heterocycles. The molecule has 534 valence electrons. The molecule has 8 N–H and O–H groups in total. The minimum atomic E-state index is -1.10. The molecule has 3 aromatic heterocycles. The molecule has 8 rings (SSSR count). The van der Waals surface area contributed by atoms with E-state index < -0.39 is 59.7 Å². The van der Waals surface area contributed by atoms with Crippen LogP contribution in [0.25, 0.3) is 21.8 Å². The van der Waals surface area contributed by atoms with Crippen molar-refractivity contribution in [1.29, 1.82) is 10.5 Å². The normalized spacial score (nSPS) is 16.8. The summed E-state index contributed by atoms with van der Waals surface area (Å²) in [6.45, 7) is 1.90. The number of hydrogen-bond donors (Lipinski definition) is 8. The quantitative estimate of drug-likeness (QED) is 0.0253. The molecular formula is C67H86N18O15. The van der Waals surface area contributed by atoms with Crippen molar-refractivity contribution in [3.05, 3.63) is 83.9 Å². The molecule has 0 radical (unpaired) electrons. The van der Waals surface area contributed by atoms with E-state index in [1.165, 1.54) is 28.3 Å². The lowest BCUT2D eigenvalue weighted by molar-refractivity contribution is -0.140. The van der Waals surface area contributed by atoms with Crippen molar-refractivity contribution in [1.82, 2.24) is 80.9 Å². The van der Waals surface area contributed by atoms with Crippen LogP contribution in [0, 0.1) is 22.7 Å². The number of carbonyl (C=O) groups is 10. The molecular weight excluding hydrogens is 1300 g/mol. The predicted molar refractivity (Wildman–Crippen MR) is 358 cm³/mol. The number of likely N-dealkylation sites (tertiary alicyclic amines) is 2. The van der Waals surface area contributed by atoms with E-state index in [2.05, 4.69) is 59.0 Å². The number of amides is 7. The molecule has 5 aromatic rings. The topological polar surface area (TPSA) is 434 Å². The highest BCUT2D eigenvalue weighted by Gasteiger charge is 2.31. The van der Waals surface area contributed by atoms with Crippen LogP contribution in [0.1, 0.15) is 90.6 Å². The van der Waals surface area contributed by atoms with Crippen molar-refractivity contribution >= 4 is 81.1 Å². The third-order valence-corrected chi connectivity index (χ3v) is 17.3. The molecule has 0 aliphatic carbocycles. The first-order valence-corrected chi connectivity index (χ1v) is 33.6. The Balaban J connectivity index is 0.814. The van der Waals surface area contributed by atoms with Crippen molar-refractivity contribution in [2.24, 2.45) is 0 Å². The van der Waals surface area contributed by atoms with Gasteiger partial charge in [0.1, 0.15) is 29.6 Å². The molecule has 2 aromatic carbocycles. The van der Waals surface area contributed by atoms with E-state index in [9.17, 15) is 73.8 Å². The number of nitriles is 2. The highest BCUT2D eigenvalue weighted by Crippen LogP contribution is 2.26. The largest absolute Gasteiger partial charge is 0.494 e. The highest BCUT2D eigenvalue weighted by atomic mass is 16.5. The molecule has 0 saturated carbocycles. The maximum atomic E-state index is 14.1. The zero-order valence-electron chi connectivity index (χ0n) is 55.8. The lowest BCUT2D eigenvalue weighted by atomic mass is 10.1. The van der Waals surface area contributed by atoms with Gasteiger partial charge in [0.25, 0.3) is 11.8 Å². The number of aliphatic carboxylic acids is 3. The molecule has 3 atom stereocenters. The minimum Gasteiger partial charge on any atom is -0.494 e. The van der Waals surface area contributed by atoms with Crippen LogP contribution >= 0.6 is 0 Å². The number of ether oxygens (including phenoxy) is 2. The number of unbranched alkanes of at least 4 members (excludes halogenated alkanes) is 1. The van der Waals surface area contributed by atoms with Crippen molar-refractivity contribution < 1.29 is 72.7 Å². The van der Waals surface area contributed by atoms with Crippen LogP contribution in [0.2, 0.25) is 0 Å². The van der Waals surface area contributed by atoms with Crippen molar-refractivity contribution in [3.8, 4) is 23.6 Å². The lowest BCUT2D eigenvalue weighted by Gasteiger charge is -2.33. The van der Waals surface area contributed by atoms with Gasteiger partial charge in [-0.15, -0.1) is 5.10 Å². The summed E-state index contributed by atoms with van der Waals surface area (Å²) in [5.41, 5.74) is 2.22. The summed E-state index contributed by atoms with van der Waals surface area (Å²) in [4.78, 5) is 147. The maximum Gasteiger partial charge on any atom is 0.317 e. The summed E-state index contributed by atoms with van der Waals surface area (Å²) in [5.74, 6) is -5.21. The number of carbonyl (C=O) groups excluding carboxylic acids is 7. The Morgan fingerprint density at radius 2 is 1.03 bits per heavy atom. The van der Waals surface area contributed by atoms with E-state index in [0.717, 1.165) is 6.42 Å². The van der Waals surface area contributed by atoms with E-state index in [-0.39, 0.29) is 148 Å². The van der Waals surface area contributed by atoms with Gasteiger partial charge in [0, 0.05) is 127 Å². The van der Waals surface area contributed by atoms with E-state index in [1.54, 1.807) is 72.9 Å². The maximum absolute atomic E-state index is 14.1. The number of benzene rings is 2. The predicted octanol–water partition coefficient (Wildman–Crippen LogP) is 0.0970. The summed E-state index contributed by atoms with van der Waals surface area (Å²) in [7, 11) is 0. The van der Waals surface area contributed by atoms with Gasteiger partial charge in [0.15, 0.2) is 0 Å². The SMILES string of the molecule is N#C[C@@H]1CCCN1C(=O)CNC(=O)c1ccnc2ccc(OCCCNC(=O)CCc3cn(CCCC[C@H](NC(=O)CN4CCN(CC(=O)O)CCN(CC(=O)O)CCN(CC(=O)O)CC4)C(=O)NCCCOc4ccc5nccc(C(=O)NCC(=O)N6CCC[C@H]6C#N)c5c4)nn3)cc12. The molecule has 33 nitrogen and oxygen atoms in total. The summed E-state index contributed by atoms with van der Waals surface area (Å²) >= 11 is 0. The van der Waals surface area contributed by atoms with Crippen molar-refractivity contribution in [3.63, 3.8) is 0 Å². The number of nitrogens with zero attached hydrogens (tertiary/aromatic N) is 13. The van der Waals surface area contributed by atoms with Crippen LogP contribution in [0.4, 0.5) is 0 Å². The molecule has 0 spiro atoms. The van der Waals surface area contributed by atoms with E-state index >= 15 is 0 Å². The number of carboxylic acid groups (broad SMARTS) is 3. The smallest absolute Gasteiger partial charge is 0.317 e. The van der Waals surface area contributed by atoms with Gasteiger partial charge in [-0.2, -0.15) is 10.5 Å². The first-order chi connectivity index (χ1) is 48.3. The Hall–Kier alpha value is -10.5. The number of fused-ring (bicyclic) bond motifs is 2. The summed E-state index contributed by atoms with van der Waals surface area (Å²) in [6.07, 6.45) is 9.75. The number of aromatic nitrogens is 5. The van der Waals surface area contributed by atoms with Crippen molar-refractivity contribution in [2.45, 2.75) is 95.3 Å². The number of nitrogens with one attached hydrogen (secondary N) is 5. The molecule has 0 unspecified atom stereocenters. The molecule has 7 amide bonds. The lowest BCUT2D eigenvalue weighted by Crippen LogP contribution is -2.52. The third-order valence-electron chi connectivity index (χ3n) is 17.3. The Bertz CT molecular complexity index is 3750. The molecule has 3 aliphatic rings. The summed E-state index contributed by atoms with van der Waals surface area (Å²) in [6, 6.07) is 15.5. The fourth-order valence-corrected chi connectivity index (χ4v) is 12.0. The average Bonchev–Trinajstić information content (AvgIpc) is 1.17. The number of aryl methyl sites for hydroxylation is 2. The van der Waals surface area contributed by atoms with Crippen LogP contribution in [-0.4, -0.2) is 278 Å². The number of rotatable bonds is 34. The van der Waals surface area contributed by atoms with Crippen LogP contribution in [-0.2, 0) is 51.3 Å². The second kappa shape index (κ2) is 38.6. The van der Waals surface area contributed by atoms with Gasteiger partial charge in [-0.05, 0) is 106 Å². The van der Waals surface area contributed by atoms with Crippen molar-refractivity contribution in [2.75, 3.05) is 131 Å². The van der Waals surface area contributed by atoms with Gasteiger partial charge < -0.3 is 61.2 Å². The standard InChI is InChI=1S/C67H86N18O15/c68-37-47-7-3-23-84(47)60(88)39-74-65(96)51-16-20-70-55-13-11-49(35-53(51)55)99-33-5-18-72-58(86)15-10-46-41-83(78-77-46)22-2-1-9-57(76-59(87)42-79-25-27-80(43-62(90)91)29-31-82(45-64(94)95)32-30-81(28-26-79)44-63(92)93)67(98)73-19-6-34-100-50-12-14-56-54(36-50)52(17-21-71-56)66(97)75-40-61(89)85-24-4-8-48(85)38-69/h11-14,16-17,20-21,35-36,41,47-48,57H,1-10,15,18-19,22-34,39-40,42-45H2,(H,72,86)(H,73,98)(H,74,96)(H,75,97)(H,76,87)(H,90,91)(H,92,93)(H,94,95)/t47-,48-,57-/m0/s1. The Morgan fingerprint density at radius 1 is 0.560 bits per heavy atom.